The van der Waals surface area contributed by atoms with Gasteiger partial charge in [-0.25, -0.2) is 23.3 Å². The zero-order valence-corrected chi connectivity index (χ0v) is 25.0. The van der Waals surface area contributed by atoms with Crippen molar-refractivity contribution in [2.45, 2.75) is 26.7 Å². The maximum atomic E-state index is 9.56. The second-order valence-electron chi connectivity index (χ2n) is 8.70. The molecule has 0 amide bonds. The molecule has 0 bridgehead atoms. The van der Waals surface area contributed by atoms with Gasteiger partial charge in [0.05, 0.1) is 0 Å². The summed E-state index contributed by atoms with van der Waals surface area (Å²) >= 11 is 0. The summed E-state index contributed by atoms with van der Waals surface area (Å²) in [6.45, 7) is 4.12. The largest absolute Gasteiger partial charge is 2.00 e. The van der Waals surface area contributed by atoms with Crippen LogP contribution in [0.3, 0.4) is 0 Å². The summed E-state index contributed by atoms with van der Waals surface area (Å²) in [7, 11) is 0. The molecule has 0 radical (unpaired) electrons. The topological polar surface area (TPSA) is 40.5 Å². The number of rotatable bonds is 2. The van der Waals surface area contributed by atoms with Crippen LogP contribution in [0.15, 0.2) is 145 Å². The van der Waals surface area contributed by atoms with Gasteiger partial charge >= 0.3 is 26.2 Å². The minimum absolute atomic E-state index is 0. The molecule has 4 aromatic rings. The molecule has 3 heteroatoms. The molecule has 0 atom stereocenters. The average Bonchev–Trinajstić information content (AvgIpc) is 3.65. The Balaban J connectivity index is 0.000000192. The van der Waals surface area contributed by atoms with Crippen LogP contribution in [0.1, 0.15) is 26.7 Å². The van der Waals surface area contributed by atoms with Crippen molar-refractivity contribution in [2.24, 2.45) is 0 Å². The van der Waals surface area contributed by atoms with Crippen LogP contribution in [0, 0.1) is 12.2 Å². The fourth-order valence-corrected chi connectivity index (χ4v) is 3.70. The van der Waals surface area contributed by atoms with Gasteiger partial charge in [-0.3, -0.25) is 12.2 Å². The maximum absolute atomic E-state index is 9.56. The van der Waals surface area contributed by atoms with Crippen molar-refractivity contribution < 1.29 is 36.4 Å². The van der Waals surface area contributed by atoms with Gasteiger partial charge in [-0.05, 0) is 23.3 Å². The molecule has 0 aromatic heterocycles. The van der Waals surface area contributed by atoms with Gasteiger partial charge in [0, 0.05) is 11.1 Å². The summed E-state index contributed by atoms with van der Waals surface area (Å²) < 4.78 is 0. The SMILES string of the molecule is CC1=[C-]CC=C1.CC1=[C-]CC=C1.Oc1ccccc1-c1ccccc1.Oc1ccccc1-c1ccccc1.[Zr+2]. The van der Waals surface area contributed by atoms with Crippen molar-refractivity contribution >= 4 is 0 Å². The van der Waals surface area contributed by atoms with Crippen molar-refractivity contribution in [1.82, 2.24) is 0 Å². The summed E-state index contributed by atoms with van der Waals surface area (Å²) in [6.07, 6.45) is 16.7. The van der Waals surface area contributed by atoms with Crippen LogP contribution in [0.2, 0.25) is 0 Å². The molecular weight excluding hydrogens is 556 g/mol. The van der Waals surface area contributed by atoms with Gasteiger partial charge in [-0.1, -0.05) is 111 Å². The third-order valence-corrected chi connectivity index (χ3v) is 5.71. The predicted octanol–water partition coefficient (Wildman–Crippen LogP) is 9.51. The van der Waals surface area contributed by atoms with Crippen LogP contribution >= 0.6 is 0 Å². The van der Waals surface area contributed by atoms with Gasteiger partial charge in [0.1, 0.15) is 11.5 Å². The first kappa shape index (κ1) is 31.5. The van der Waals surface area contributed by atoms with Gasteiger partial charge in [0.25, 0.3) is 0 Å². The summed E-state index contributed by atoms with van der Waals surface area (Å²) in [6, 6.07) is 34.4. The van der Waals surface area contributed by atoms with E-state index in [1.165, 1.54) is 11.1 Å². The van der Waals surface area contributed by atoms with Crippen LogP contribution in [0.25, 0.3) is 22.3 Å². The van der Waals surface area contributed by atoms with Crippen LogP contribution in [0.5, 0.6) is 11.5 Å². The van der Waals surface area contributed by atoms with E-state index < -0.39 is 0 Å². The van der Waals surface area contributed by atoms with Crippen LogP contribution in [-0.4, -0.2) is 10.2 Å². The fourth-order valence-electron chi connectivity index (χ4n) is 3.70. The van der Waals surface area contributed by atoms with E-state index in [1.54, 1.807) is 12.1 Å². The second kappa shape index (κ2) is 17.8. The molecule has 2 nitrogen and oxygen atoms in total. The van der Waals surface area contributed by atoms with Crippen molar-refractivity contribution in [2.75, 3.05) is 0 Å². The first-order chi connectivity index (χ1) is 18.5. The maximum Gasteiger partial charge on any atom is 2.00 e. The van der Waals surface area contributed by atoms with Crippen molar-refractivity contribution in [3.8, 4) is 33.8 Å². The Morgan fingerprint density at radius 3 is 1.08 bits per heavy atom. The zero-order chi connectivity index (χ0) is 27.0. The summed E-state index contributed by atoms with van der Waals surface area (Å²) in [5.74, 6) is 0.655. The average molecular weight is 590 g/mol. The summed E-state index contributed by atoms with van der Waals surface area (Å²) in [5, 5.41) is 19.1. The van der Waals surface area contributed by atoms with Crippen molar-refractivity contribution in [3.63, 3.8) is 0 Å². The van der Waals surface area contributed by atoms with E-state index in [2.05, 4.69) is 50.3 Å². The summed E-state index contributed by atoms with van der Waals surface area (Å²) in [4.78, 5) is 0. The van der Waals surface area contributed by atoms with E-state index in [9.17, 15) is 10.2 Å². The number of aromatic hydroxyl groups is 2. The first-order valence-electron chi connectivity index (χ1n) is 12.7. The van der Waals surface area contributed by atoms with Crippen LogP contribution in [-0.2, 0) is 26.2 Å². The zero-order valence-electron chi connectivity index (χ0n) is 22.5. The van der Waals surface area contributed by atoms with Gasteiger partial charge in [-0.2, -0.15) is 12.2 Å². The second-order valence-corrected chi connectivity index (χ2v) is 8.70. The number of para-hydroxylation sites is 2. The van der Waals surface area contributed by atoms with Gasteiger partial charge < -0.3 is 10.2 Å². The molecule has 6 rings (SSSR count). The molecule has 39 heavy (non-hydrogen) atoms. The molecule has 2 aliphatic rings. The molecule has 194 valence electrons. The molecule has 0 saturated carbocycles. The molecule has 0 unspecified atom stereocenters. The van der Waals surface area contributed by atoms with Gasteiger partial charge in [0.2, 0.25) is 0 Å². The quantitative estimate of drug-likeness (QED) is 0.229. The Bertz CT molecular complexity index is 1270. The third kappa shape index (κ3) is 11.3. The Morgan fingerprint density at radius 1 is 0.487 bits per heavy atom. The van der Waals surface area contributed by atoms with Crippen LogP contribution < -0.4 is 0 Å². The normalized spacial score (nSPS) is 12.3. The predicted molar refractivity (Wildman–Crippen MR) is 159 cm³/mol. The van der Waals surface area contributed by atoms with E-state index in [4.69, 9.17) is 0 Å². The van der Waals surface area contributed by atoms with Crippen molar-refractivity contribution in [1.29, 1.82) is 0 Å². The van der Waals surface area contributed by atoms with Crippen LogP contribution in [0.4, 0.5) is 0 Å². The number of hydrogen-bond donors (Lipinski definition) is 2. The number of benzene rings is 4. The minimum Gasteiger partial charge on any atom is -0.507 e. The molecule has 2 N–H and O–H groups in total. The Kier molecular flexibility index (Phi) is 14.4. The molecular formula is C36H34O2Zr. The fraction of sp³-hybridized carbons (Fsp3) is 0.111. The van der Waals surface area contributed by atoms with E-state index in [-0.39, 0.29) is 26.2 Å². The van der Waals surface area contributed by atoms with E-state index in [1.807, 2.05) is 97.1 Å². The smallest absolute Gasteiger partial charge is 0.507 e. The molecule has 2 aliphatic carbocycles. The molecule has 0 fully saturated rings. The van der Waals surface area contributed by atoms with Crippen molar-refractivity contribution in [3.05, 3.63) is 157 Å². The Morgan fingerprint density at radius 2 is 0.821 bits per heavy atom. The number of hydrogen-bond acceptors (Lipinski definition) is 2. The van der Waals surface area contributed by atoms with E-state index >= 15 is 0 Å². The minimum atomic E-state index is 0. The summed E-state index contributed by atoms with van der Waals surface area (Å²) in [5.41, 5.74) is 6.39. The number of phenols is 2. The Labute approximate surface area is 252 Å². The molecule has 0 heterocycles. The Hall–Kier alpha value is -3.68. The van der Waals surface area contributed by atoms with E-state index in [0.717, 1.165) is 35.1 Å². The molecule has 0 aliphatic heterocycles. The monoisotopic (exact) mass is 588 g/mol. The van der Waals surface area contributed by atoms with Gasteiger partial charge in [0.15, 0.2) is 0 Å². The first-order valence-corrected chi connectivity index (χ1v) is 12.7. The molecule has 0 saturated heterocycles. The third-order valence-electron chi connectivity index (χ3n) is 5.71. The van der Waals surface area contributed by atoms with E-state index in [0.29, 0.717) is 11.5 Å². The number of phenolic OH excluding ortho intramolecular Hbond substituents is 2. The molecule has 0 spiro atoms. The van der Waals surface area contributed by atoms with Gasteiger partial charge in [-0.15, -0.1) is 12.8 Å². The number of allylic oxidation sites excluding steroid dienone is 8. The molecule has 4 aromatic carbocycles. The standard InChI is InChI=1S/2C12H10O.2C6H7.Zr/c2*13-12-9-5-4-8-11(12)10-6-2-1-3-7-10;2*1-6-4-2-3-5-6;/h2*1-9,13H;2*2,4H,3H2,1H3;/q;;2*-1;+2.